The molecule has 0 radical (unpaired) electrons. The van der Waals surface area contributed by atoms with E-state index in [9.17, 15) is 4.79 Å². The molecule has 1 rings (SSSR count). The van der Waals surface area contributed by atoms with Gasteiger partial charge in [-0.15, -0.1) is 0 Å². The quantitative estimate of drug-likeness (QED) is 0.758. The van der Waals surface area contributed by atoms with E-state index in [0.29, 0.717) is 15.6 Å². The molecular weight excluding hydrogens is 209 g/mol. The van der Waals surface area contributed by atoms with E-state index in [1.807, 2.05) is 0 Å². The summed E-state index contributed by atoms with van der Waals surface area (Å²) >= 11 is 11.5. The number of nitrogens with two attached hydrogens (primary N) is 1. The molecule has 0 unspecified atom stereocenters. The van der Waals surface area contributed by atoms with Crippen LogP contribution in [0.1, 0.15) is 5.56 Å². The van der Waals surface area contributed by atoms with Crippen LogP contribution in [0.2, 0.25) is 10.0 Å². The van der Waals surface area contributed by atoms with Crippen LogP contribution in [-0.4, -0.2) is 5.91 Å². The van der Waals surface area contributed by atoms with Crippen LogP contribution in [0.5, 0.6) is 0 Å². The Hall–Kier alpha value is -0.990. The summed E-state index contributed by atoms with van der Waals surface area (Å²) in [5.41, 5.74) is 5.60. The molecule has 0 aromatic heterocycles. The molecule has 0 saturated heterocycles. The van der Waals surface area contributed by atoms with Gasteiger partial charge in [-0.05, 0) is 29.8 Å². The lowest BCUT2D eigenvalue weighted by atomic mass is 10.2. The third-order valence-electron chi connectivity index (χ3n) is 1.39. The molecule has 0 aliphatic heterocycles. The minimum Gasteiger partial charge on any atom is -0.366 e. The Kier molecular flexibility index (Phi) is 3.34. The third kappa shape index (κ3) is 3.09. The van der Waals surface area contributed by atoms with E-state index in [0.717, 1.165) is 0 Å². The second kappa shape index (κ2) is 4.30. The highest BCUT2D eigenvalue weighted by atomic mass is 35.5. The normalized spacial score (nSPS) is 10.6. The molecule has 0 atom stereocenters. The molecule has 1 aromatic rings. The van der Waals surface area contributed by atoms with Gasteiger partial charge >= 0.3 is 0 Å². The van der Waals surface area contributed by atoms with Gasteiger partial charge in [-0.3, -0.25) is 4.79 Å². The molecule has 4 heteroatoms. The number of benzene rings is 1. The summed E-state index contributed by atoms with van der Waals surface area (Å²) in [5, 5.41) is 1.09. The highest BCUT2D eigenvalue weighted by Gasteiger charge is 1.97. The minimum atomic E-state index is -0.518. The second-order valence-electron chi connectivity index (χ2n) is 2.40. The first-order valence-electron chi connectivity index (χ1n) is 3.52. The maximum absolute atomic E-state index is 10.4. The van der Waals surface area contributed by atoms with Crippen LogP contribution >= 0.6 is 23.2 Å². The summed E-state index contributed by atoms with van der Waals surface area (Å²) in [7, 11) is 0. The van der Waals surface area contributed by atoms with Crippen LogP contribution < -0.4 is 5.73 Å². The van der Waals surface area contributed by atoms with E-state index in [2.05, 4.69) is 0 Å². The highest BCUT2D eigenvalue weighted by Crippen LogP contribution is 2.21. The smallest absolute Gasteiger partial charge is 0.241 e. The highest BCUT2D eigenvalue weighted by molar-refractivity contribution is 6.34. The number of rotatable bonds is 2. The Labute approximate surface area is 85.9 Å². The average Bonchev–Trinajstić information content (AvgIpc) is 2.06. The fraction of sp³-hybridized carbons (Fsp3) is 0. The topological polar surface area (TPSA) is 43.1 Å². The van der Waals surface area contributed by atoms with E-state index in [1.54, 1.807) is 18.2 Å². The van der Waals surface area contributed by atoms with Crippen molar-refractivity contribution in [3.05, 3.63) is 39.9 Å². The molecule has 0 bridgehead atoms. The summed E-state index contributed by atoms with van der Waals surface area (Å²) in [6.07, 6.45) is 2.76. The minimum absolute atomic E-state index is 0.518. The van der Waals surface area contributed by atoms with Crippen LogP contribution in [0.15, 0.2) is 24.3 Å². The number of hydrogen-bond donors (Lipinski definition) is 1. The Morgan fingerprint density at radius 3 is 2.69 bits per heavy atom. The average molecular weight is 216 g/mol. The Balaban J connectivity index is 3.00. The summed E-state index contributed by atoms with van der Waals surface area (Å²) < 4.78 is 0. The van der Waals surface area contributed by atoms with E-state index in [1.165, 1.54) is 12.2 Å². The van der Waals surface area contributed by atoms with Gasteiger partial charge < -0.3 is 5.73 Å². The van der Waals surface area contributed by atoms with Crippen LogP contribution in [0.25, 0.3) is 6.08 Å². The van der Waals surface area contributed by atoms with Crippen LogP contribution in [0.3, 0.4) is 0 Å². The van der Waals surface area contributed by atoms with Crippen LogP contribution in [0.4, 0.5) is 0 Å². The predicted molar refractivity (Wildman–Crippen MR) is 54.7 cm³/mol. The lowest BCUT2D eigenvalue weighted by Crippen LogP contribution is -2.05. The number of primary amides is 1. The largest absolute Gasteiger partial charge is 0.366 e. The third-order valence-corrected chi connectivity index (χ3v) is 1.96. The van der Waals surface area contributed by atoms with E-state index in [4.69, 9.17) is 28.9 Å². The molecule has 1 aromatic carbocycles. The van der Waals surface area contributed by atoms with Crippen molar-refractivity contribution in [2.75, 3.05) is 0 Å². The van der Waals surface area contributed by atoms with Crippen molar-refractivity contribution in [1.82, 2.24) is 0 Å². The fourth-order valence-corrected chi connectivity index (χ4v) is 1.18. The van der Waals surface area contributed by atoms with Crippen LogP contribution in [-0.2, 0) is 4.79 Å². The van der Waals surface area contributed by atoms with Gasteiger partial charge in [0.05, 0.1) is 0 Å². The zero-order chi connectivity index (χ0) is 9.84. The fourth-order valence-electron chi connectivity index (χ4n) is 0.814. The van der Waals surface area contributed by atoms with Crippen molar-refractivity contribution in [2.45, 2.75) is 0 Å². The second-order valence-corrected chi connectivity index (χ2v) is 3.25. The monoisotopic (exact) mass is 215 g/mol. The molecule has 0 heterocycles. The number of carbonyl (C=O) groups is 1. The molecule has 1 amide bonds. The zero-order valence-electron chi connectivity index (χ0n) is 6.63. The number of halogens is 2. The summed E-state index contributed by atoms with van der Waals surface area (Å²) in [6.45, 7) is 0. The molecule has 0 saturated carbocycles. The van der Waals surface area contributed by atoms with Gasteiger partial charge in [-0.1, -0.05) is 23.2 Å². The molecule has 68 valence electrons. The first-order chi connectivity index (χ1) is 6.09. The summed E-state index contributed by atoms with van der Waals surface area (Å²) in [5.74, 6) is -0.518. The molecule has 0 aliphatic rings. The van der Waals surface area contributed by atoms with Gasteiger partial charge in [0.25, 0.3) is 0 Å². The molecule has 13 heavy (non-hydrogen) atoms. The van der Waals surface area contributed by atoms with Crippen molar-refractivity contribution >= 4 is 35.2 Å². The first kappa shape index (κ1) is 10.1. The molecule has 0 spiro atoms. The van der Waals surface area contributed by atoms with E-state index >= 15 is 0 Å². The number of hydrogen-bond acceptors (Lipinski definition) is 1. The van der Waals surface area contributed by atoms with Gasteiger partial charge in [0.1, 0.15) is 0 Å². The maximum atomic E-state index is 10.4. The van der Waals surface area contributed by atoms with Gasteiger partial charge in [0, 0.05) is 16.1 Å². The van der Waals surface area contributed by atoms with Crippen molar-refractivity contribution in [1.29, 1.82) is 0 Å². The molecule has 2 nitrogen and oxygen atoms in total. The number of carbonyl (C=O) groups excluding carboxylic acids is 1. The van der Waals surface area contributed by atoms with Gasteiger partial charge in [-0.2, -0.15) is 0 Å². The van der Waals surface area contributed by atoms with Crippen molar-refractivity contribution in [3.8, 4) is 0 Å². The standard InChI is InChI=1S/C9H7Cl2NO/c10-7-2-3-8(11)6(5-7)1-4-9(12)13/h1-5H,(H2,12,13)/b4-1-. The summed E-state index contributed by atoms with van der Waals surface area (Å²) in [6, 6.07) is 4.99. The molecule has 0 aliphatic carbocycles. The van der Waals surface area contributed by atoms with Crippen LogP contribution in [0, 0.1) is 0 Å². The lowest BCUT2D eigenvalue weighted by Gasteiger charge is -1.97. The predicted octanol–water partition coefficient (Wildman–Crippen LogP) is 2.49. The van der Waals surface area contributed by atoms with Crippen molar-refractivity contribution in [3.63, 3.8) is 0 Å². The first-order valence-corrected chi connectivity index (χ1v) is 4.28. The molecule has 2 N–H and O–H groups in total. The maximum Gasteiger partial charge on any atom is 0.241 e. The van der Waals surface area contributed by atoms with E-state index < -0.39 is 5.91 Å². The van der Waals surface area contributed by atoms with Crippen molar-refractivity contribution in [2.24, 2.45) is 5.73 Å². The van der Waals surface area contributed by atoms with Gasteiger partial charge in [0.15, 0.2) is 0 Å². The van der Waals surface area contributed by atoms with Gasteiger partial charge in [-0.25, -0.2) is 0 Å². The Morgan fingerprint density at radius 1 is 1.38 bits per heavy atom. The van der Waals surface area contributed by atoms with E-state index in [-0.39, 0.29) is 0 Å². The molecule has 0 fully saturated rings. The summed E-state index contributed by atoms with van der Waals surface area (Å²) in [4.78, 5) is 10.4. The van der Waals surface area contributed by atoms with Gasteiger partial charge in [0.2, 0.25) is 5.91 Å². The molecular formula is C9H7Cl2NO. The number of amides is 1. The zero-order valence-corrected chi connectivity index (χ0v) is 8.14. The van der Waals surface area contributed by atoms with Crippen molar-refractivity contribution < 1.29 is 4.79 Å². The Bertz CT molecular complexity index is 361. The lowest BCUT2D eigenvalue weighted by molar-refractivity contribution is -0.113. The SMILES string of the molecule is NC(=O)/C=C\c1cc(Cl)ccc1Cl. The Morgan fingerprint density at radius 2 is 2.08 bits per heavy atom.